The third-order valence-corrected chi connectivity index (χ3v) is 3.26. The lowest BCUT2D eigenvalue weighted by atomic mass is 10.1. The highest BCUT2D eigenvalue weighted by Gasteiger charge is 2.18. The number of hydrogen-bond donors (Lipinski definition) is 2. The lowest BCUT2D eigenvalue weighted by molar-refractivity contribution is -0.380. The third kappa shape index (κ3) is 3.52. The number of hydrogen-bond acceptors (Lipinski definition) is 5. The van der Waals surface area contributed by atoms with Crippen molar-refractivity contribution in [2.75, 3.05) is 6.54 Å². The summed E-state index contributed by atoms with van der Waals surface area (Å²) < 4.78 is 0. The predicted molar refractivity (Wildman–Crippen MR) is 64.7 cm³/mol. The predicted octanol–water partition coefficient (Wildman–Crippen LogP) is 1.50. The first-order valence-electron chi connectivity index (χ1n) is 5.19. The number of amides is 1. The Morgan fingerprint density at radius 2 is 2.28 bits per heavy atom. The van der Waals surface area contributed by atoms with Gasteiger partial charge >= 0.3 is 11.0 Å². The number of carbonyl (C=O) groups excluding carboxylic acids is 1. The van der Waals surface area contributed by atoms with Crippen LogP contribution in [0.3, 0.4) is 0 Å². The van der Waals surface area contributed by atoms with Crippen LogP contribution in [0, 0.1) is 16.0 Å². The van der Waals surface area contributed by atoms with Crippen molar-refractivity contribution in [3.8, 4) is 0 Å². The molecule has 0 saturated heterocycles. The Morgan fingerprint density at radius 1 is 1.61 bits per heavy atom. The first-order chi connectivity index (χ1) is 8.45. The Labute approximate surface area is 107 Å². The van der Waals surface area contributed by atoms with Crippen LogP contribution in [0.5, 0.6) is 0 Å². The van der Waals surface area contributed by atoms with Gasteiger partial charge in [-0.2, -0.15) is 0 Å². The van der Waals surface area contributed by atoms with Crippen LogP contribution in [0.15, 0.2) is 11.4 Å². The van der Waals surface area contributed by atoms with E-state index in [4.69, 9.17) is 5.11 Å². The zero-order chi connectivity index (χ0) is 13.7. The quantitative estimate of drug-likeness (QED) is 0.602. The minimum absolute atomic E-state index is 0.00824. The van der Waals surface area contributed by atoms with E-state index in [0.29, 0.717) is 6.42 Å². The minimum Gasteiger partial charge on any atom is -0.481 e. The second-order valence-electron chi connectivity index (χ2n) is 3.58. The van der Waals surface area contributed by atoms with Crippen LogP contribution < -0.4 is 5.32 Å². The van der Waals surface area contributed by atoms with E-state index in [1.807, 2.05) is 0 Å². The standard InChI is InChI=1S/C10H12N2O5S/c1-2-6(10(14)15)4-11-9(13)7-3-8(12(16)17)18-5-7/h3,5-6H,2,4H2,1H3,(H,11,13)(H,14,15). The van der Waals surface area contributed by atoms with Crippen molar-refractivity contribution in [2.45, 2.75) is 13.3 Å². The number of carboxylic acids is 1. The average Bonchev–Trinajstić information content (AvgIpc) is 2.78. The number of nitro groups is 1. The average molecular weight is 272 g/mol. The van der Waals surface area contributed by atoms with Crippen LogP contribution >= 0.6 is 11.3 Å². The summed E-state index contributed by atoms with van der Waals surface area (Å²) in [4.78, 5) is 32.2. The first-order valence-corrected chi connectivity index (χ1v) is 6.07. The number of nitrogens with one attached hydrogen (secondary N) is 1. The molecular weight excluding hydrogens is 260 g/mol. The van der Waals surface area contributed by atoms with Crippen LogP contribution in [0.2, 0.25) is 0 Å². The van der Waals surface area contributed by atoms with Gasteiger partial charge in [0.1, 0.15) is 0 Å². The molecule has 1 heterocycles. The van der Waals surface area contributed by atoms with Crippen molar-refractivity contribution in [1.82, 2.24) is 5.32 Å². The van der Waals surface area contributed by atoms with Crippen LogP contribution in [-0.2, 0) is 4.79 Å². The van der Waals surface area contributed by atoms with Gasteiger partial charge in [0, 0.05) is 18.0 Å². The molecule has 8 heteroatoms. The molecule has 18 heavy (non-hydrogen) atoms. The smallest absolute Gasteiger partial charge is 0.324 e. The molecule has 1 aromatic heterocycles. The summed E-state index contributed by atoms with van der Waals surface area (Å²) in [5, 5.41) is 22.9. The zero-order valence-electron chi connectivity index (χ0n) is 9.58. The molecule has 2 N–H and O–H groups in total. The number of carboxylic acid groups (broad SMARTS) is 1. The number of carbonyl (C=O) groups is 2. The highest BCUT2D eigenvalue weighted by Crippen LogP contribution is 2.22. The van der Waals surface area contributed by atoms with Crippen molar-refractivity contribution in [2.24, 2.45) is 5.92 Å². The molecule has 0 aliphatic carbocycles. The van der Waals surface area contributed by atoms with E-state index in [1.165, 1.54) is 11.4 Å². The maximum Gasteiger partial charge on any atom is 0.324 e. The summed E-state index contributed by atoms with van der Waals surface area (Å²) in [6.45, 7) is 1.72. The fourth-order valence-electron chi connectivity index (χ4n) is 1.26. The normalized spacial score (nSPS) is 11.8. The maximum absolute atomic E-state index is 11.6. The molecule has 0 aliphatic rings. The van der Waals surface area contributed by atoms with Crippen molar-refractivity contribution in [1.29, 1.82) is 0 Å². The van der Waals surface area contributed by atoms with E-state index in [0.717, 1.165) is 11.3 Å². The van der Waals surface area contributed by atoms with Crippen molar-refractivity contribution in [3.05, 3.63) is 27.1 Å². The lowest BCUT2D eigenvalue weighted by Gasteiger charge is -2.10. The van der Waals surface area contributed by atoms with E-state index >= 15 is 0 Å². The van der Waals surface area contributed by atoms with Gasteiger partial charge in [-0.15, -0.1) is 0 Å². The minimum atomic E-state index is -0.978. The maximum atomic E-state index is 11.6. The summed E-state index contributed by atoms with van der Waals surface area (Å²) >= 11 is 0.856. The molecule has 0 spiro atoms. The van der Waals surface area contributed by atoms with Crippen molar-refractivity contribution < 1.29 is 19.6 Å². The monoisotopic (exact) mass is 272 g/mol. The summed E-state index contributed by atoms with van der Waals surface area (Å²) in [5.74, 6) is -2.13. The van der Waals surface area contributed by atoms with E-state index in [-0.39, 0.29) is 17.1 Å². The van der Waals surface area contributed by atoms with Crippen molar-refractivity contribution in [3.63, 3.8) is 0 Å². The zero-order valence-corrected chi connectivity index (χ0v) is 10.4. The molecule has 1 amide bonds. The molecule has 7 nitrogen and oxygen atoms in total. The van der Waals surface area contributed by atoms with Crippen LogP contribution in [0.1, 0.15) is 23.7 Å². The summed E-state index contributed by atoms with van der Waals surface area (Å²) in [5.41, 5.74) is 0.173. The Kier molecular flexibility index (Phi) is 4.78. The summed E-state index contributed by atoms with van der Waals surface area (Å²) in [6, 6.07) is 1.17. The van der Waals surface area contributed by atoms with Crippen LogP contribution in [0.4, 0.5) is 5.00 Å². The third-order valence-electron chi connectivity index (χ3n) is 2.38. The number of thiophene rings is 1. The van der Waals surface area contributed by atoms with Gasteiger partial charge in [-0.1, -0.05) is 18.3 Å². The second kappa shape index (κ2) is 6.10. The molecule has 1 aromatic rings. The van der Waals surface area contributed by atoms with Crippen molar-refractivity contribution >= 4 is 28.2 Å². The molecule has 0 radical (unpaired) electrons. The molecular formula is C10H12N2O5S. The van der Waals surface area contributed by atoms with E-state index in [2.05, 4.69) is 5.32 Å². The highest BCUT2D eigenvalue weighted by atomic mass is 32.1. The number of aliphatic carboxylic acids is 1. The topological polar surface area (TPSA) is 110 Å². The van der Waals surface area contributed by atoms with E-state index in [1.54, 1.807) is 6.92 Å². The van der Waals surface area contributed by atoms with E-state index in [9.17, 15) is 19.7 Å². The highest BCUT2D eigenvalue weighted by molar-refractivity contribution is 7.13. The summed E-state index contributed by atoms with van der Waals surface area (Å²) in [6.07, 6.45) is 0.402. The number of rotatable bonds is 6. The van der Waals surface area contributed by atoms with Gasteiger partial charge in [0.05, 0.1) is 16.4 Å². The van der Waals surface area contributed by atoms with E-state index < -0.39 is 22.7 Å². The molecule has 0 aromatic carbocycles. The largest absolute Gasteiger partial charge is 0.481 e. The van der Waals surface area contributed by atoms with Gasteiger partial charge in [-0.05, 0) is 6.42 Å². The summed E-state index contributed by atoms with van der Waals surface area (Å²) in [7, 11) is 0. The van der Waals surface area contributed by atoms with Gasteiger partial charge in [0.25, 0.3) is 5.91 Å². The van der Waals surface area contributed by atoms with Gasteiger partial charge in [-0.3, -0.25) is 19.7 Å². The fraction of sp³-hybridized carbons (Fsp3) is 0.400. The SMILES string of the molecule is CCC(CNC(=O)c1csc([N+](=O)[O-])c1)C(=O)O. The fourth-order valence-corrected chi connectivity index (χ4v) is 1.97. The van der Waals surface area contributed by atoms with Crippen LogP contribution in [-0.4, -0.2) is 28.5 Å². The lowest BCUT2D eigenvalue weighted by Crippen LogP contribution is -2.32. The van der Waals surface area contributed by atoms with Gasteiger partial charge in [0.15, 0.2) is 0 Å². The molecule has 1 rings (SSSR count). The second-order valence-corrected chi connectivity index (χ2v) is 4.47. The Hall–Kier alpha value is -1.96. The Morgan fingerprint density at radius 3 is 2.72 bits per heavy atom. The molecule has 0 saturated carbocycles. The van der Waals surface area contributed by atoms with Gasteiger partial charge in [0.2, 0.25) is 0 Å². The Balaban J connectivity index is 2.59. The van der Waals surface area contributed by atoms with Gasteiger partial charge < -0.3 is 10.4 Å². The molecule has 0 fully saturated rings. The molecule has 1 unspecified atom stereocenters. The molecule has 0 aliphatic heterocycles. The number of nitrogens with zero attached hydrogens (tertiary/aromatic N) is 1. The van der Waals surface area contributed by atoms with Crippen LogP contribution in [0.25, 0.3) is 0 Å². The molecule has 98 valence electrons. The molecule has 0 bridgehead atoms. The molecule has 1 atom stereocenters. The first kappa shape index (κ1) is 14.1. The Bertz CT molecular complexity index is 471. The van der Waals surface area contributed by atoms with Gasteiger partial charge in [-0.25, -0.2) is 0 Å².